The van der Waals surface area contributed by atoms with Crippen molar-refractivity contribution >= 4 is 11.9 Å². The number of benzene rings is 1. The molecule has 0 bridgehead atoms. The standard InChI is InChI=1S/C13H16N2O4/c1-18-12(16)10-9(8-6-4-3-5-7-8)11(15-14-10)13(17)19-2/h3-7,9-11,14-15H,1-2H3. The Bertz CT molecular complexity index is 439. The Kier molecular flexibility index (Phi) is 4.13. The van der Waals surface area contributed by atoms with E-state index in [4.69, 9.17) is 9.47 Å². The lowest BCUT2D eigenvalue weighted by Gasteiger charge is -2.20. The first-order valence-electron chi connectivity index (χ1n) is 5.90. The van der Waals surface area contributed by atoms with Gasteiger partial charge in [0, 0.05) is 5.92 Å². The third kappa shape index (κ3) is 2.59. The molecule has 1 aliphatic heterocycles. The number of rotatable bonds is 3. The summed E-state index contributed by atoms with van der Waals surface area (Å²) in [5, 5.41) is 0. The van der Waals surface area contributed by atoms with Crippen LogP contribution in [-0.2, 0) is 19.1 Å². The Morgan fingerprint density at radius 3 is 1.84 bits per heavy atom. The zero-order chi connectivity index (χ0) is 13.8. The van der Waals surface area contributed by atoms with E-state index < -0.39 is 24.0 Å². The van der Waals surface area contributed by atoms with Gasteiger partial charge in [0.15, 0.2) is 0 Å². The van der Waals surface area contributed by atoms with Crippen molar-refractivity contribution < 1.29 is 19.1 Å². The highest BCUT2D eigenvalue weighted by Crippen LogP contribution is 2.28. The topological polar surface area (TPSA) is 76.7 Å². The van der Waals surface area contributed by atoms with E-state index in [-0.39, 0.29) is 5.92 Å². The smallest absolute Gasteiger partial charge is 0.324 e. The number of hydrogen-bond acceptors (Lipinski definition) is 6. The van der Waals surface area contributed by atoms with E-state index in [0.717, 1.165) is 5.56 Å². The minimum absolute atomic E-state index is 0.374. The maximum absolute atomic E-state index is 11.8. The van der Waals surface area contributed by atoms with Crippen molar-refractivity contribution in [1.29, 1.82) is 0 Å². The molecule has 0 saturated carbocycles. The zero-order valence-electron chi connectivity index (χ0n) is 10.8. The second-order valence-electron chi connectivity index (χ2n) is 4.23. The molecule has 102 valence electrons. The van der Waals surface area contributed by atoms with Crippen molar-refractivity contribution in [3.63, 3.8) is 0 Å². The van der Waals surface area contributed by atoms with Crippen LogP contribution in [0.5, 0.6) is 0 Å². The molecule has 6 nitrogen and oxygen atoms in total. The van der Waals surface area contributed by atoms with Crippen LogP contribution in [0.25, 0.3) is 0 Å². The summed E-state index contributed by atoms with van der Waals surface area (Å²) in [4.78, 5) is 23.6. The van der Waals surface area contributed by atoms with E-state index in [2.05, 4.69) is 10.9 Å². The molecule has 1 aromatic carbocycles. The van der Waals surface area contributed by atoms with Crippen LogP contribution in [0.3, 0.4) is 0 Å². The molecule has 0 radical (unpaired) electrons. The minimum Gasteiger partial charge on any atom is -0.468 e. The van der Waals surface area contributed by atoms with Crippen LogP contribution in [0.15, 0.2) is 30.3 Å². The molecular formula is C13H16N2O4. The highest BCUT2D eigenvalue weighted by atomic mass is 16.5. The first kappa shape index (κ1) is 13.5. The fraction of sp³-hybridized carbons (Fsp3) is 0.385. The van der Waals surface area contributed by atoms with E-state index in [1.165, 1.54) is 14.2 Å². The number of nitrogens with one attached hydrogen (secondary N) is 2. The molecule has 1 saturated heterocycles. The van der Waals surface area contributed by atoms with Gasteiger partial charge in [-0.3, -0.25) is 9.59 Å². The number of esters is 2. The van der Waals surface area contributed by atoms with Gasteiger partial charge in [-0.1, -0.05) is 30.3 Å². The second-order valence-corrected chi connectivity index (χ2v) is 4.23. The molecule has 6 heteroatoms. The van der Waals surface area contributed by atoms with Gasteiger partial charge in [-0.2, -0.15) is 0 Å². The normalized spacial score (nSPS) is 25.9. The molecule has 1 fully saturated rings. The van der Waals surface area contributed by atoms with Crippen molar-refractivity contribution in [3.8, 4) is 0 Å². The quantitative estimate of drug-likeness (QED) is 0.746. The summed E-state index contributed by atoms with van der Waals surface area (Å²) in [6.07, 6.45) is 0. The molecule has 2 N–H and O–H groups in total. The van der Waals surface area contributed by atoms with Gasteiger partial charge in [-0.05, 0) is 5.56 Å². The average molecular weight is 264 g/mol. The van der Waals surface area contributed by atoms with Gasteiger partial charge in [0.1, 0.15) is 12.1 Å². The molecule has 0 aromatic heterocycles. The summed E-state index contributed by atoms with van der Waals surface area (Å²) in [6.45, 7) is 0. The van der Waals surface area contributed by atoms with Crippen LogP contribution in [0.1, 0.15) is 11.5 Å². The molecule has 1 aliphatic rings. The third-order valence-corrected chi connectivity index (χ3v) is 3.21. The van der Waals surface area contributed by atoms with Crippen LogP contribution >= 0.6 is 0 Å². The van der Waals surface area contributed by atoms with Gasteiger partial charge in [0.2, 0.25) is 0 Å². The molecule has 0 aliphatic carbocycles. The van der Waals surface area contributed by atoms with Crippen LogP contribution in [-0.4, -0.2) is 38.2 Å². The summed E-state index contributed by atoms with van der Waals surface area (Å²) < 4.78 is 9.51. The molecule has 19 heavy (non-hydrogen) atoms. The largest absolute Gasteiger partial charge is 0.468 e. The van der Waals surface area contributed by atoms with Gasteiger partial charge in [-0.15, -0.1) is 0 Å². The van der Waals surface area contributed by atoms with Crippen LogP contribution in [0.4, 0.5) is 0 Å². The predicted octanol–water partition coefficient (Wildman–Crippen LogP) is -0.0388. The molecular weight excluding hydrogens is 248 g/mol. The number of hydrazine groups is 1. The second kappa shape index (κ2) is 5.81. The SMILES string of the molecule is COC(=O)C1NNC(C(=O)OC)C1c1ccccc1. The van der Waals surface area contributed by atoms with Crippen LogP contribution < -0.4 is 10.9 Å². The van der Waals surface area contributed by atoms with E-state index in [9.17, 15) is 9.59 Å². The van der Waals surface area contributed by atoms with Crippen molar-refractivity contribution in [2.75, 3.05) is 14.2 Å². The Labute approximate surface area is 111 Å². The Hall–Kier alpha value is -1.92. The van der Waals surface area contributed by atoms with Crippen molar-refractivity contribution in [1.82, 2.24) is 10.9 Å². The molecule has 2 atom stereocenters. The first-order valence-corrected chi connectivity index (χ1v) is 5.90. The van der Waals surface area contributed by atoms with Crippen molar-refractivity contribution in [3.05, 3.63) is 35.9 Å². The van der Waals surface area contributed by atoms with E-state index in [0.29, 0.717) is 0 Å². The third-order valence-electron chi connectivity index (χ3n) is 3.21. The monoisotopic (exact) mass is 264 g/mol. The van der Waals surface area contributed by atoms with E-state index in [1.54, 1.807) is 0 Å². The fourth-order valence-corrected chi connectivity index (χ4v) is 2.28. The Balaban J connectivity index is 2.33. The summed E-state index contributed by atoms with van der Waals surface area (Å²) in [6, 6.07) is 8.07. The zero-order valence-corrected chi connectivity index (χ0v) is 10.8. The number of carbonyl (C=O) groups excluding carboxylic acids is 2. The number of hydrogen-bond donors (Lipinski definition) is 2. The minimum atomic E-state index is -0.628. The number of ether oxygens (including phenoxy) is 2. The lowest BCUT2D eigenvalue weighted by molar-refractivity contribution is -0.144. The maximum Gasteiger partial charge on any atom is 0.324 e. The average Bonchev–Trinajstić information content (AvgIpc) is 2.91. The summed E-state index contributed by atoms with van der Waals surface area (Å²) >= 11 is 0. The molecule has 0 amide bonds. The van der Waals surface area contributed by atoms with E-state index in [1.807, 2.05) is 30.3 Å². The fourth-order valence-electron chi connectivity index (χ4n) is 2.28. The van der Waals surface area contributed by atoms with Crippen LogP contribution in [0.2, 0.25) is 0 Å². The lowest BCUT2D eigenvalue weighted by Crippen LogP contribution is -2.40. The Morgan fingerprint density at radius 2 is 1.42 bits per heavy atom. The lowest BCUT2D eigenvalue weighted by atomic mass is 9.87. The molecule has 0 spiro atoms. The van der Waals surface area contributed by atoms with Crippen LogP contribution in [0, 0.1) is 0 Å². The van der Waals surface area contributed by atoms with Gasteiger partial charge in [-0.25, -0.2) is 10.9 Å². The maximum atomic E-state index is 11.8. The highest BCUT2D eigenvalue weighted by molar-refractivity contribution is 5.83. The summed E-state index contributed by atoms with van der Waals surface area (Å²) in [5.41, 5.74) is 6.46. The predicted molar refractivity (Wildman–Crippen MR) is 67.1 cm³/mol. The van der Waals surface area contributed by atoms with Gasteiger partial charge < -0.3 is 9.47 Å². The van der Waals surface area contributed by atoms with Crippen molar-refractivity contribution in [2.45, 2.75) is 18.0 Å². The number of carbonyl (C=O) groups is 2. The van der Waals surface area contributed by atoms with Gasteiger partial charge in [0.05, 0.1) is 14.2 Å². The molecule has 2 unspecified atom stereocenters. The Morgan fingerprint density at radius 1 is 0.947 bits per heavy atom. The van der Waals surface area contributed by atoms with E-state index >= 15 is 0 Å². The molecule has 1 aromatic rings. The summed E-state index contributed by atoms with van der Waals surface area (Å²) in [5.74, 6) is -1.22. The molecule has 2 rings (SSSR count). The first-order chi connectivity index (χ1) is 9.19. The van der Waals surface area contributed by atoms with Crippen molar-refractivity contribution in [2.24, 2.45) is 0 Å². The van der Waals surface area contributed by atoms with Gasteiger partial charge in [0.25, 0.3) is 0 Å². The summed E-state index contributed by atoms with van der Waals surface area (Å²) in [7, 11) is 2.63. The van der Waals surface area contributed by atoms with Gasteiger partial charge >= 0.3 is 11.9 Å². The highest BCUT2D eigenvalue weighted by Gasteiger charge is 2.45. The molecule has 1 heterocycles. The number of methoxy groups -OCH3 is 2.